The van der Waals surface area contributed by atoms with Crippen LogP contribution in [0.5, 0.6) is 0 Å². The summed E-state index contributed by atoms with van der Waals surface area (Å²) in [5.41, 5.74) is 3.61. The SMILES string of the molecule is CCc1cccc(NC(=O)c2scc3c2CCCC3)n1. The Morgan fingerprint density at radius 1 is 1.35 bits per heavy atom. The standard InChI is InChI=1S/C16H18N2OS/c1-2-12-7-5-9-14(17-12)18-16(19)15-13-8-4-3-6-11(13)10-20-15/h5,7,9-10H,2-4,6,8H2,1H3,(H,17,18,19). The molecule has 2 aromatic rings. The maximum Gasteiger partial charge on any atom is 0.267 e. The van der Waals surface area contributed by atoms with Crippen LogP contribution >= 0.6 is 11.3 Å². The van der Waals surface area contributed by atoms with Gasteiger partial charge < -0.3 is 5.32 Å². The Morgan fingerprint density at radius 2 is 2.20 bits per heavy atom. The number of aryl methyl sites for hydroxylation is 2. The zero-order valence-corrected chi connectivity index (χ0v) is 12.4. The smallest absolute Gasteiger partial charge is 0.267 e. The van der Waals surface area contributed by atoms with E-state index in [2.05, 4.69) is 22.6 Å². The molecule has 0 spiro atoms. The van der Waals surface area contributed by atoms with E-state index in [1.165, 1.54) is 24.0 Å². The molecule has 0 fully saturated rings. The van der Waals surface area contributed by atoms with E-state index in [0.29, 0.717) is 5.82 Å². The van der Waals surface area contributed by atoms with Crippen LogP contribution < -0.4 is 5.32 Å². The van der Waals surface area contributed by atoms with Crippen molar-refractivity contribution in [2.24, 2.45) is 0 Å². The van der Waals surface area contributed by atoms with Crippen LogP contribution in [0.15, 0.2) is 23.6 Å². The van der Waals surface area contributed by atoms with Gasteiger partial charge in [0.15, 0.2) is 0 Å². The summed E-state index contributed by atoms with van der Waals surface area (Å²) < 4.78 is 0. The number of fused-ring (bicyclic) bond motifs is 1. The summed E-state index contributed by atoms with van der Waals surface area (Å²) in [6, 6.07) is 5.76. The molecule has 1 aliphatic rings. The highest BCUT2D eigenvalue weighted by Crippen LogP contribution is 2.30. The van der Waals surface area contributed by atoms with Crippen molar-refractivity contribution in [1.29, 1.82) is 0 Å². The van der Waals surface area contributed by atoms with Gasteiger partial charge in [0.2, 0.25) is 0 Å². The maximum absolute atomic E-state index is 12.4. The number of hydrogen-bond donors (Lipinski definition) is 1. The van der Waals surface area contributed by atoms with Crippen LogP contribution in [0.4, 0.5) is 5.82 Å². The molecular weight excluding hydrogens is 268 g/mol. The quantitative estimate of drug-likeness (QED) is 0.931. The van der Waals surface area contributed by atoms with Crippen LogP contribution in [-0.4, -0.2) is 10.9 Å². The van der Waals surface area contributed by atoms with Gasteiger partial charge >= 0.3 is 0 Å². The number of nitrogens with zero attached hydrogens (tertiary/aromatic N) is 1. The average Bonchev–Trinajstić information content (AvgIpc) is 2.91. The number of pyridine rings is 1. The molecule has 0 saturated heterocycles. The highest BCUT2D eigenvalue weighted by molar-refractivity contribution is 7.12. The van der Waals surface area contributed by atoms with E-state index < -0.39 is 0 Å². The number of rotatable bonds is 3. The number of nitrogens with one attached hydrogen (secondary N) is 1. The van der Waals surface area contributed by atoms with E-state index in [4.69, 9.17) is 0 Å². The Morgan fingerprint density at radius 3 is 3.05 bits per heavy atom. The molecule has 1 aliphatic carbocycles. The molecule has 0 unspecified atom stereocenters. The summed E-state index contributed by atoms with van der Waals surface area (Å²) in [7, 11) is 0. The fourth-order valence-electron chi connectivity index (χ4n) is 2.63. The zero-order valence-electron chi connectivity index (χ0n) is 11.6. The summed E-state index contributed by atoms with van der Waals surface area (Å²) in [5, 5.41) is 5.07. The van der Waals surface area contributed by atoms with Crippen molar-refractivity contribution < 1.29 is 4.79 Å². The van der Waals surface area contributed by atoms with Crippen LogP contribution in [0.25, 0.3) is 0 Å². The molecule has 3 rings (SSSR count). The van der Waals surface area contributed by atoms with Crippen LogP contribution in [0.2, 0.25) is 0 Å². The molecule has 1 amide bonds. The molecule has 2 heterocycles. The first kappa shape index (κ1) is 13.3. The molecule has 0 atom stereocenters. The van der Waals surface area contributed by atoms with Gasteiger partial charge in [0.1, 0.15) is 5.82 Å². The number of hydrogen-bond acceptors (Lipinski definition) is 3. The largest absolute Gasteiger partial charge is 0.306 e. The molecule has 4 heteroatoms. The van der Waals surface area contributed by atoms with Crippen molar-refractivity contribution in [3.63, 3.8) is 0 Å². The first-order valence-electron chi connectivity index (χ1n) is 7.14. The highest BCUT2D eigenvalue weighted by Gasteiger charge is 2.20. The third-order valence-corrected chi connectivity index (χ3v) is 4.79. The number of amides is 1. The Hall–Kier alpha value is -1.68. The van der Waals surface area contributed by atoms with Gasteiger partial charge in [-0.25, -0.2) is 4.98 Å². The number of aromatic nitrogens is 1. The lowest BCUT2D eigenvalue weighted by Gasteiger charge is -2.12. The molecule has 2 aromatic heterocycles. The van der Waals surface area contributed by atoms with E-state index in [9.17, 15) is 4.79 Å². The van der Waals surface area contributed by atoms with E-state index in [1.54, 1.807) is 11.3 Å². The lowest BCUT2D eigenvalue weighted by Crippen LogP contribution is -2.15. The number of carbonyl (C=O) groups is 1. The Bertz CT molecular complexity index is 633. The van der Waals surface area contributed by atoms with Gasteiger partial charge in [-0.15, -0.1) is 11.3 Å². The summed E-state index contributed by atoms with van der Waals surface area (Å²) in [4.78, 5) is 17.7. The first-order valence-corrected chi connectivity index (χ1v) is 8.02. The van der Waals surface area contributed by atoms with Crippen LogP contribution in [0.1, 0.15) is 46.3 Å². The predicted octanol–water partition coefficient (Wildman–Crippen LogP) is 3.84. The number of anilines is 1. The molecular formula is C16H18N2OS. The van der Waals surface area contributed by atoms with Gasteiger partial charge in [-0.2, -0.15) is 0 Å². The molecule has 104 valence electrons. The Kier molecular flexibility index (Phi) is 3.83. The third-order valence-electron chi connectivity index (χ3n) is 3.72. The van der Waals surface area contributed by atoms with Gasteiger partial charge in [0, 0.05) is 5.69 Å². The maximum atomic E-state index is 12.4. The van der Waals surface area contributed by atoms with Gasteiger partial charge in [-0.3, -0.25) is 4.79 Å². The third kappa shape index (κ3) is 2.61. The van der Waals surface area contributed by atoms with Gasteiger partial charge in [-0.05, 0) is 60.7 Å². The Balaban J connectivity index is 1.80. The van der Waals surface area contributed by atoms with Crippen molar-refractivity contribution in [3.05, 3.63) is 45.3 Å². The van der Waals surface area contributed by atoms with Crippen LogP contribution in [-0.2, 0) is 19.3 Å². The van der Waals surface area contributed by atoms with Crippen LogP contribution in [0, 0.1) is 0 Å². The summed E-state index contributed by atoms with van der Waals surface area (Å²) in [6.45, 7) is 2.06. The second kappa shape index (κ2) is 5.75. The molecule has 20 heavy (non-hydrogen) atoms. The normalized spacial score (nSPS) is 13.8. The van der Waals surface area contributed by atoms with Crippen molar-refractivity contribution in [2.45, 2.75) is 39.0 Å². The summed E-state index contributed by atoms with van der Waals surface area (Å²) in [5.74, 6) is 0.631. The lowest BCUT2D eigenvalue weighted by atomic mass is 9.94. The second-order valence-electron chi connectivity index (χ2n) is 5.10. The van der Waals surface area contributed by atoms with Crippen molar-refractivity contribution in [1.82, 2.24) is 4.98 Å². The molecule has 0 bridgehead atoms. The Labute approximate surface area is 123 Å². The minimum Gasteiger partial charge on any atom is -0.306 e. The molecule has 0 radical (unpaired) electrons. The first-order chi connectivity index (χ1) is 9.78. The van der Waals surface area contributed by atoms with E-state index in [0.717, 1.165) is 29.8 Å². The summed E-state index contributed by atoms with van der Waals surface area (Å²) >= 11 is 1.56. The van der Waals surface area contributed by atoms with Crippen molar-refractivity contribution >= 4 is 23.1 Å². The van der Waals surface area contributed by atoms with E-state index >= 15 is 0 Å². The van der Waals surface area contributed by atoms with Crippen LogP contribution in [0.3, 0.4) is 0 Å². The summed E-state index contributed by atoms with van der Waals surface area (Å²) in [6.07, 6.45) is 5.45. The molecule has 0 aliphatic heterocycles. The van der Waals surface area contributed by atoms with E-state index in [1.807, 2.05) is 18.2 Å². The highest BCUT2D eigenvalue weighted by atomic mass is 32.1. The van der Waals surface area contributed by atoms with Crippen molar-refractivity contribution in [3.8, 4) is 0 Å². The van der Waals surface area contributed by atoms with E-state index in [-0.39, 0.29) is 5.91 Å². The monoisotopic (exact) mass is 286 g/mol. The lowest BCUT2D eigenvalue weighted by molar-refractivity contribution is 0.102. The molecule has 0 aromatic carbocycles. The average molecular weight is 286 g/mol. The predicted molar refractivity (Wildman–Crippen MR) is 82.5 cm³/mol. The van der Waals surface area contributed by atoms with Gasteiger partial charge in [0.05, 0.1) is 4.88 Å². The van der Waals surface area contributed by atoms with Gasteiger partial charge in [0.25, 0.3) is 5.91 Å². The zero-order chi connectivity index (χ0) is 13.9. The fraction of sp³-hybridized carbons (Fsp3) is 0.375. The minimum atomic E-state index is -0.0149. The van der Waals surface area contributed by atoms with Gasteiger partial charge in [-0.1, -0.05) is 13.0 Å². The minimum absolute atomic E-state index is 0.0149. The number of thiophene rings is 1. The van der Waals surface area contributed by atoms with Crippen molar-refractivity contribution in [2.75, 3.05) is 5.32 Å². The fourth-order valence-corrected chi connectivity index (χ4v) is 3.68. The topological polar surface area (TPSA) is 42.0 Å². The molecule has 1 N–H and O–H groups in total. The molecule has 0 saturated carbocycles. The molecule has 3 nitrogen and oxygen atoms in total. The number of carbonyl (C=O) groups excluding carboxylic acids is 1. The second-order valence-corrected chi connectivity index (χ2v) is 5.98.